The minimum atomic E-state index is -0.552. The molecule has 0 saturated carbocycles. The van der Waals surface area contributed by atoms with E-state index in [9.17, 15) is 9.59 Å². The molecule has 7 nitrogen and oxygen atoms in total. The van der Waals surface area contributed by atoms with Gasteiger partial charge in [-0.2, -0.15) is 0 Å². The molecule has 0 saturated heterocycles. The Labute approximate surface area is 144 Å². The molecule has 1 N–H and O–H groups in total. The second-order valence-electron chi connectivity index (χ2n) is 5.41. The third-order valence-corrected chi connectivity index (χ3v) is 3.64. The number of hydrogen-bond acceptors (Lipinski definition) is 5. The van der Waals surface area contributed by atoms with E-state index in [1.54, 1.807) is 17.6 Å². The molecule has 0 aliphatic rings. The van der Waals surface area contributed by atoms with Crippen LogP contribution in [0.4, 0.5) is 5.82 Å². The Balaban J connectivity index is 2.40. The Morgan fingerprint density at radius 2 is 1.96 bits per heavy atom. The van der Waals surface area contributed by atoms with Crippen LogP contribution >= 0.6 is 0 Å². The molecule has 0 radical (unpaired) electrons. The standard InChI is InChI=1S/C18H18N4O3/c1-4-10-22-16(19-11(3)23)14(18(24)25-5-2)15-17(22)21-13-9-7-6-8-12(13)20-15/h4,6-9H,1,5,10H2,2-3H3,(H,19,23). The Morgan fingerprint density at radius 3 is 2.56 bits per heavy atom. The topological polar surface area (TPSA) is 86.1 Å². The average Bonchev–Trinajstić information content (AvgIpc) is 2.86. The van der Waals surface area contributed by atoms with Crippen molar-refractivity contribution in [2.75, 3.05) is 11.9 Å². The van der Waals surface area contributed by atoms with Crippen LogP contribution in [-0.2, 0) is 16.1 Å². The quantitative estimate of drug-likeness (QED) is 0.571. The third-order valence-electron chi connectivity index (χ3n) is 3.64. The zero-order chi connectivity index (χ0) is 18.0. The first-order chi connectivity index (χ1) is 12.1. The number of nitrogens with zero attached hydrogens (tertiary/aromatic N) is 3. The summed E-state index contributed by atoms with van der Waals surface area (Å²) in [5, 5.41) is 2.71. The number of amides is 1. The summed E-state index contributed by atoms with van der Waals surface area (Å²) in [6.45, 7) is 7.41. The highest BCUT2D eigenvalue weighted by Crippen LogP contribution is 2.30. The molecule has 2 heterocycles. The van der Waals surface area contributed by atoms with Crippen molar-refractivity contribution in [2.24, 2.45) is 0 Å². The van der Waals surface area contributed by atoms with Crippen LogP contribution < -0.4 is 5.32 Å². The molecule has 0 spiro atoms. The summed E-state index contributed by atoms with van der Waals surface area (Å²) in [5.74, 6) is -0.539. The van der Waals surface area contributed by atoms with Crippen LogP contribution in [0, 0.1) is 0 Å². The van der Waals surface area contributed by atoms with Crippen LogP contribution in [0.5, 0.6) is 0 Å². The Kier molecular flexibility index (Phi) is 4.47. The van der Waals surface area contributed by atoms with E-state index in [0.717, 1.165) is 0 Å². The van der Waals surface area contributed by atoms with Gasteiger partial charge in [-0.05, 0) is 19.1 Å². The van der Waals surface area contributed by atoms with Crippen LogP contribution in [0.3, 0.4) is 0 Å². The zero-order valence-corrected chi connectivity index (χ0v) is 14.1. The summed E-state index contributed by atoms with van der Waals surface area (Å²) in [4.78, 5) is 33.4. The van der Waals surface area contributed by atoms with Crippen molar-refractivity contribution in [2.45, 2.75) is 20.4 Å². The number of ether oxygens (including phenoxy) is 1. The Morgan fingerprint density at radius 1 is 1.28 bits per heavy atom. The maximum Gasteiger partial charge on any atom is 0.344 e. The molecule has 7 heteroatoms. The molecule has 2 aromatic heterocycles. The normalized spacial score (nSPS) is 10.8. The van der Waals surface area contributed by atoms with Gasteiger partial charge < -0.3 is 14.6 Å². The molecule has 0 unspecified atom stereocenters. The van der Waals surface area contributed by atoms with Gasteiger partial charge in [0, 0.05) is 13.5 Å². The van der Waals surface area contributed by atoms with Crippen molar-refractivity contribution < 1.29 is 14.3 Å². The molecule has 0 fully saturated rings. The minimum absolute atomic E-state index is 0.201. The maximum atomic E-state index is 12.5. The number of carbonyl (C=O) groups is 2. The van der Waals surface area contributed by atoms with Crippen LogP contribution in [0.15, 0.2) is 36.9 Å². The number of rotatable bonds is 5. The molecule has 3 rings (SSSR count). The number of anilines is 1. The maximum absolute atomic E-state index is 12.5. The highest BCUT2D eigenvalue weighted by atomic mass is 16.5. The summed E-state index contributed by atoms with van der Waals surface area (Å²) >= 11 is 0. The lowest BCUT2D eigenvalue weighted by atomic mass is 10.2. The van der Waals surface area contributed by atoms with E-state index in [4.69, 9.17) is 4.74 Å². The SMILES string of the molecule is C=CCn1c(NC(C)=O)c(C(=O)OCC)c2nc3ccccc3nc21. The predicted molar refractivity (Wildman–Crippen MR) is 95.5 cm³/mol. The number of aromatic nitrogens is 3. The molecule has 3 aromatic rings. The lowest BCUT2D eigenvalue weighted by Gasteiger charge is -2.09. The van der Waals surface area contributed by atoms with Crippen molar-refractivity contribution in [1.82, 2.24) is 14.5 Å². The van der Waals surface area contributed by atoms with Gasteiger partial charge in [-0.15, -0.1) is 6.58 Å². The molecule has 25 heavy (non-hydrogen) atoms. The number of esters is 1. The molecule has 0 atom stereocenters. The summed E-state index contributed by atoms with van der Waals surface area (Å²) in [6, 6.07) is 7.38. The van der Waals surface area contributed by atoms with E-state index in [0.29, 0.717) is 34.6 Å². The van der Waals surface area contributed by atoms with E-state index in [2.05, 4.69) is 21.9 Å². The van der Waals surface area contributed by atoms with Gasteiger partial charge in [0.1, 0.15) is 16.9 Å². The minimum Gasteiger partial charge on any atom is -0.462 e. The second kappa shape index (κ2) is 6.72. The van der Waals surface area contributed by atoms with Crippen molar-refractivity contribution in [3.8, 4) is 0 Å². The molecule has 0 bridgehead atoms. The fourth-order valence-electron chi connectivity index (χ4n) is 2.70. The highest BCUT2D eigenvalue weighted by molar-refractivity contribution is 6.11. The van der Waals surface area contributed by atoms with Crippen LogP contribution in [0.25, 0.3) is 22.2 Å². The highest BCUT2D eigenvalue weighted by Gasteiger charge is 2.26. The molecule has 0 aliphatic heterocycles. The van der Waals surface area contributed by atoms with Gasteiger partial charge in [-0.1, -0.05) is 18.2 Å². The van der Waals surface area contributed by atoms with Gasteiger partial charge in [-0.25, -0.2) is 14.8 Å². The fraction of sp³-hybridized carbons (Fsp3) is 0.222. The van der Waals surface area contributed by atoms with Crippen molar-refractivity contribution in [3.63, 3.8) is 0 Å². The first-order valence-electron chi connectivity index (χ1n) is 7.91. The fourth-order valence-corrected chi connectivity index (χ4v) is 2.70. The van der Waals surface area contributed by atoms with E-state index < -0.39 is 5.97 Å². The van der Waals surface area contributed by atoms with E-state index in [1.807, 2.05) is 24.3 Å². The van der Waals surface area contributed by atoms with E-state index in [1.165, 1.54) is 6.92 Å². The largest absolute Gasteiger partial charge is 0.462 e. The third kappa shape index (κ3) is 2.96. The number of allylic oxidation sites excluding steroid dienone is 1. The smallest absolute Gasteiger partial charge is 0.344 e. The molecular formula is C18H18N4O3. The van der Waals surface area contributed by atoms with E-state index in [-0.39, 0.29) is 18.1 Å². The molecule has 0 aliphatic carbocycles. The molecule has 128 valence electrons. The van der Waals surface area contributed by atoms with Gasteiger partial charge >= 0.3 is 5.97 Å². The number of fused-ring (bicyclic) bond motifs is 2. The van der Waals surface area contributed by atoms with Gasteiger partial charge in [0.25, 0.3) is 0 Å². The number of benzene rings is 1. The van der Waals surface area contributed by atoms with Crippen molar-refractivity contribution >= 4 is 39.9 Å². The average molecular weight is 338 g/mol. The van der Waals surface area contributed by atoms with Crippen molar-refractivity contribution in [1.29, 1.82) is 0 Å². The summed E-state index contributed by atoms with van der Waals surface area (Å²) in [7, 11) is 0. The number of nitrogens with one attached hydrogen (secondary N) is 1. The van der Waals surface area contributed by atoms with Gasteiger partial charge in [0.2, 0.25) is 5.91 Å². The predicted octanol–water partition coefficient (Wildman–Crippen LogP) is 2.91. The lowest BCUT2D eigenvalue weighted by Crippen LogP contribution is -2.15. The Hall–Kier alpha value is -3.22. The van der Waals surface area contributed by atoms with Gasteiger partial charge in [0.15, 0.2) is 5.65 Å². The van der Waals surface area contributed by atoms with E-state index >= 15 is 0 Å². The monoisotopic (exact) mass is 338 g/mol. The zero-order valence-electron chi connectivity index (χ0n) is 14.1. The first kappa shape index (κ1) is 16.6. The molecular weight excluding hydrogens is 320 g/mol. The van der Waals surface area contributed by atoms with Gasteiger partial charge in [-0.3, -0.25) is 4.79 Å². The van der Waals surface area contributed by atoms with Crippen molar-refractivity contribution in [3.05, 3.63) is 42.5 Å². The Bertz CT molecular complexity index is 991. The number of para-hydroxylation sites is 2. The van der Waals surface area contributed by atoms with Crippen LogP contribution in [-0.4, -0.2) is 33.0 Å². The summed E-state index contributed by atoms with van der Waals surface area (Å²) in [6.07, 6.45) is 1.66. The lowest BCUT2D eigenvalue weighted by molar-refractivity contribution is -0.114. The van der Waals surface area contributed by atoms with Gasteiger partial charge in [0.05, 0.1) is 17.6 Å². The summed E-state index contributed by atoms with van der Waals surface area (Å²) in [5.41, 5.74) is 2.44. The van der Waals surface area contributed by atoms with Crippen LogP contribution in [0.2, 0.25) is 0 Å². The molecule has 1 aromatic carbocycles. The number of carbonyl (C=O) groups excluding carboxylic acids is 2. The molecule has 1 amide bonds. The first-order valence-corrected chi connectivity index (χ1v) is 7.91. The number of hydrogen-bond donors (Lipinski definition) is 1. The second-order valence-corrected chi connectivity index (χ2v) is 5.41. The van der Waals surface area contributed by atoms with Crippen LogP contribution in [0.1, 0.15) is 24.2 Å². The summed E-state index contributed by atoms with van der Waals surface area (Å²) < 4.78 is 6.87.